The first-order valence-corrected chi connectivity index (χ1v) is 8.93. The van der Waals surface area contributed by atoms with E-state index in [-0.39, 0.29) is 5.91 Å². The first kappa shape index (κ1) is 18.1. The van der Waals surface area contributed by atoms with E-state index in [1.807, 2.05) is 29.2 Å². The number of carbonyl (C=O) groups is 1. The Kier molecular flexibility index (Phi) is 5.66. The van der Waals surface area contributed by atoms with E-state index in [0.29, 0.717) is 25.3 Å². The van der Waals surface area contributed by atoms with E-state index in [9.17, 15) is 4.79 Å². The molecule has 0 saturated carbocycles. The summed E-state index contributed by atoms with van der Waals surface area (Å²) in [7, 11) is 3.27. The SMILES string of the molecule is COc1cc2c(cc1OC)CN(C(=O)CCNc1ccc(C)cc1)CC2. The number of amides is 1. The maximum atomic E-state index is 12.6. The molecule has 0 atom stereocenters. The Morgan fingerprint density at radius 2 is 1.73 bits per heavy atom. The second-order valence-corrected chi connectivity index (χ2v) is 6.58. The highest BCUT2D eigenvalue weighted by Crippen LogP contribution is 2.33. The topological polar surface area (TPSA) is 50.8 Å². The number of carbonyl (C=O) groups excluding carboxylic acids is 1. The third kappa shape index (κ3) is 4.10. The maximum Gasteiger partial charge on any atom is 0.224 e. The molecule has 0 saturated heterocycles. The van der Waals surface area contributed by atoms with E-state index in [1.165, 1.54) is 11.1 Å². The summed E-state index contributed by atoms with van der Waals surface area (Å²) >= 11 is 0. The molecule has 3 rings (SSSR count). The molecule has 1 heterocycles. The lowest BCUT2D eigenvalue weighted by atomic mass is 9.98. The van der Waals surface area contributed by atoms with Crippen molar-refractivity contribution in [2.75, 3.05) is 32.6 Å². The monoisotopic (exact) mass is 354 g/mol. The van der Waals surface area contributed by atoms with Gasteiger partial charge < -0.3 is 19.7 Å². The van der Waals surface area contributed by atoms with Crippen LogP contribution in [0.4, 0.5) is 5.69 Å². The Labute approximate surface area is 154 Å². The van der Waals surface area contributed by atoms with Gasteiger partial charge in [0, 0.05) is 31.7 Å². The molecule has 1 amide bonds. The van der Waals surface area contributed by atoms with Gasteiger partial charge in [-0.3, -0.25) is 4.79 Å². The van der Waals surface area contributed by atoms with Crippen LogP contribution in [-0.2, 0) is 17.8 Å². The molecular formula is C21H26N2O3. The van der Waals surface area contributed by atoms with Crippen LogP contribution >= 0.6 is 0 Å². The predicted octanol–water partition coefficient (Wildman–Crippen LogP) is 3.40. The lowest BCUT2D eigenvalue weighted by Crippen LogP contribution is -2.36. The van der Waals surface area contributed by atoms with Gasteiger partial charge in [-0.1, -0.05) is 17.7 Å². The van der Waals surface area contributed by atoms with Crippen molar-refractivity contribution in [3.05, 3.63) is 53.1 Å². The lowest BCUT2D eigenvalue weighted by Gasteiger charge is -2.29. The first-order chi connectivity index (χ1) is 12.6. The van der Waals surface area contributed by atoms with Crippen LogP contribution in [0.2, 0.25) is 0 Å². The van der Waals surface area contributed by atoms with E-state index < -0.39 is 0 Å². The summed E-state index contributed by atoms with van der Waals surface area (Å²) in [5.41, 5.74) is 4.63. The molecule has 2 aromatic rings. The van der Waals surface area contributed by atoms with Crippen molar-refractivity contribution in [3.8, 4) is 11.5 Å². The zero-order chi connectivity index (χ0) is 18.5. The number of fused-ring (bicyclic) bond motifs is 1. The summed E-state index contributed by atoms with van der Waals surface area (Å²) in [6.07, 6.45) is 1.32. The number of benzene rings is 2. The summed E-state index contributed by atoms with van der Waals surface area (Å²) in [5, 5.41) is 3.31. The van der Waals surface area contributed by atoms with Crippen molar-refractivity contribution >= 4 is 11.6 Å². The minimum absolute atomic E-state index is 0.171. The molecule has 0 unspecified atom stereocenters. The smallest absolute Gasteiger partial charge is 0.224 e. The molecule has 138 valence electrons. The Bertz CT molecular complexity index is 772. The summed E-state index contributed by atoms with van der Waals surface area (Å²) in [5.74, 6) is 1.62. The standard InChI is InChI=1S/C21H26N2O3/c1-15-4-6-18(7-5-15)22-10-8-21(24)23-11-9-16-12-19(25-2)20(26-3)13-17(16)14-23/h4-7,12-13,22H,8-11,14H2,1-3H3. The van der Waals surface area contributed by atoms with Crippen molar-refractivity contribution < 1.29 is 14.3 Å². The van der Waals surface area contributed by atoms with Crippen LogP contribution in [0.1, 0.15) is 23.1 Å². The number of hydrogen-bond donors (Lipinski definition) is 1. The molecule has 0 bridgehead atoms. The van der Waals surface area contributed by atoms with Crippen molar-refractivity contribution in [2.24, 2.45) is 0 Å². The number of aryl methyl sites for hydroxylation is 1. The minimum Gasteiger partial charge on any atom is -0.493 e. The number of ether oxygens (including phenoxy) is 2. The van der Waals surface area contributed by atoms with Gasteiger partial charge in [-0.15, -0.1) is 0 Å². The molecule has 5 nitrogen and oxygen atoms in total. The lowest BCUT2D eigenvalue weighted by molar-refractivity contribution is -0.131. The van der Waals surface area contributed by atoms with Gasteiger partial charge in [-0.2, -0.15) is 0 Å². The highest BCUT2D eigenvalue weighted by Gasteiger charge is 2.22. The van der Waals surface area contributed by atoms with Gasteiger partial charge in [-0.05, 0) is 48.7 Å². The second kappa shape index (κ2) is 8.13. The number of anilines is 1. The maximum absolute atomic E-state index is 12.6. The largest absolute Gasteiger partial charge is 0.493 e. The Balaban J connectivity index is 1.57. The Hall–Kier alpha value is -2.69. The van der Waals surface area contributed by atoms with Crippen LogP contribution in [0.25, 0.3) is 0 Å². The fourth-order valence-electron chi connectivity index (χ4n) is 3.24. The molecular weight excluding hydrogens is 328 g/mol. The summed E-state index contributed by atoms with van der Waals surface area (Å²) in [4.78, 5) is 14.5. The molecule has 5 heteroatoms. The number of hydrogen-bond acceptors (Lipinski definition) is 4. The highest BCUT2D eigenvalue weighted by atomic mass is 16.5. The zero-order valence-corrected chi connectivity index (χ0v) is 15.7. The van der Waals surface area contributed by atoms with Gasteiger partial charge in [0.15, 0.2) is 11.5 Å². The summed E-state index contributed by atoms with van der Waals surface area (Å²) < 4.78 is 10.7. The average Bonchev–Trinajstić information content (AvgIpc) is 2.67. The zero-order valence-electron chi connectivity index (χ0n) is 15.7. The van der Waals surface area contributed by atoms with Crippen molar-refractivity contribution in [1.82, 2.24) is 4.90 Å². The van der Waals surface area contributed by atoms with Crippen molar-refractivity contribution in [2.45, 2.75) is 26.3 Å². The number of nitrogens with zero attached hydrogens (tertiary/aromatic N) is 1. The van der Waals surface area contributed by atoms with Crippen LogP contribution in [0, 0.1) is 6.92 Å². The molecule has 0 aromatic heterocycles. The molecule has 2 aromatic carbocycles. The van der Waals surface area contributed by atoms with Gasteiger partial charge in [0.2, 0.25) is 5.91 Å². The van der Waals surface area contributed by atoms with Gasteiger partial charge in [0.05, 0.1) is 14.2 Å². The van der Waals surface area contributed by atoms with Gasteiger partial charge in [-0.25, -0.2) is 0 Å². The highest BCUT2D eigenvalue weighted by molar-refractivity contribution is 5.77. The third-order valence-electron chi connectivity index (χ3n) is 4.79. The number of rotatable bonds is 6. The Morgan fingerprint density at radius 1 is 1.08 bits per heavy atom. The van der Waals surface area contributed by atoms with Crippen LogP contribution in [0.5, 0.6) is 11.5 Å². The average molecular weight is 354 g/mol. The predicted molar refractivity (Wildman–Crippen MR) is 103 cm³/mol. The van der Waals surface area contributed by atoms with Crippen LogP contribution in [0.15, 0.2) is 36.4 Å². The van der Waals surface area contributed by atoms with Crippen LogP contribution in [0.3, 0.4) is 0 Å². The van der Waals surface area contributed by atoms with Crippen LogP contribution in [-0.4, -0.2) is 38.1 Å². The molecule has 1 aliphatic rings. The fourth-order valence-corrected chi connectivity index (χ4v) is 3.24. The summed E-state index contributed by atoms with van der Waals surface area (Å²) in [6.45, 7) is 4.06. The third-order valence-corrected chi connectivity index (χ3v) is 4.79. The van der Waals surface area contributed by atoms with E-state index in [0.717, 1.165) is 30.0 Å². The quantitative estimate of drug-likeness (QED) is 0.864. The Morgan fingerprint density at radius 3 is 2.38 bits per heavy atom. The molecule has 0 aliphatic carbocycles. The number of methoxy groups -OCH3 is 2. The minimum atomic E-state index is 0.171. The van der Waals surface area contributed by atoms with Gasteiger partial charge in [0.1, 0.15) is 0 Å². The molecule has 26 heavy (non-hydrogen) atoms. The van der Waals surface area contributed by atoms with Crippen LogP contribution < -0.4 is 14.8 Å². The summed E-state index contributed by atoms with van der Waals surface area (Å²) in [6, 6.07) is 12.2. The molecule has 1 aliphatic heterocycles. The molecule has 1 N–H and O–H groups in total. The molecule has 0 spiro atoms. The number of nitrogens with one attached hydrogen (secondary N) is 1. The second-order valence-electron chi connectivity index (χ2n) is 6.58. The van der Waals surface area contributed by atoms with E-state index >= 15 is 0 Å². The van der Waals surface area contributed by atoms with E-state index in [2.05, 4.69) is 24.4 Å². The van der Waals surface area contributed by atoms with E-state index in [4.69, 9.17) is 9.47 Å². The normalized spacial score (nSPS) is 13.1. The van der Waals surface area contributed by atoms with Gasteiger partial charge in [0.25, 0.3) is 0 Å². The van der Waals surface area contributed by atoms with Crippen molar-refractivity contribution in [1.29, 1.82) is 0 Å². The molecule has 0 fully saturated rings. The molecule has 0 radical (unpaired) electrons. The fraction of sp³-hybridized carbons (Fsp3) is 0.381. The first-order valence-electron chi connectivity index (χ1n) is 8.93. The van der Waals surface area contributed by atoms with Gasteiger partial charge >= 0.3 is 0 Å². The van der Waals surface area contributed by atoms with E-state index in [1.54, 1.807) is 14.2 Å². The van der Waals surface area contributed by atoms with Crippen molar-refractivity contribution in [3.63, 3.8) is 0 Å².